The van der Waals surface area contributed by atoms with Gasteiger partial charge in [-0.25, -0.2) is 9.98 Å². The first-order valence-electron chi connectivity index (χ1n) is 11.0. The number of hydrogen-bond acceptors (Lipinski definition) is 8. The van der Waals surface area contributed by atoms with Crippen LogP contribution >= 0.6 is 0 Å². The van der Waals surface area contributed by atoms with Gasteiger partial charge in [-0.2, -0.15) is 0 Å². The second-order valence-electron chi connectivity index (χ2n) is 9.22. The fourth-order valence-corrected chi connectivity index (χ4v) is 4.85. The van der Waals surface area contributed by atoms with Gasteiger partial charge in [0.15, 0.2) is 11.3 Å². The molecule has 168 valence electrons. The van der Waals surface area contributed by atoms with Crippen LogP contribution in [0.15, 0.2) is 60.0 Å². The van der Waals surface area contributed by atoms with Gasteiger partial charge in [0, 0.05) is 42.2 Å². The zero-order chi connectivity index (χ0) is 22.6. The topological polar surface area (TPSA) is 95.1 Å². The number of benzene rings is 1. The summed E-state index contributed by atoms with van der Waals surface area (Å²) >= 11 is 0. The first kappa shape index (κ1) is 20.0. The number of aliphatic imine (C=N–C) groups is 1. The molecule has 2 N–H and O–H groups in total. The first-order chi connectivity index (χ1) is 15.9. The third-order valence-electron chi connectivity index (χ3n) is 6.42. The van der Waals surface area contributed by atoms with Crippen molar-refractivity contribution in [1.29, 1.82) is 0 Å². The summed E-state index contributed by atoms with van der Waals surface area (Å²) in [5.41, 5.74) is 8.86. The molecule has 0 aliphatic carbocycles. The Labute approximate surface area is 192 Å². The van der Waals surface area contributed by atoms with E-state index in [1.807, 2.05) is 30.5 Å². The number of hydrogen-bond donors (Lipinski definition) is 1. The molecule has 1 spiro atoms. The number of anilines is 1. The molecule has 1 aromatic carbocycles. The Kier molecular flexibility index (Phi) is 4.35. The van der Waals surface area contributed by atoms with Gasteiger partial charge in [-0.15, -0.1) is 0 Å². The molecule has 8 nitrogen and oxygen atoms in total. The minimum Gasteiger partial charge on any atom is -0.462 e. The van der Waals surface area contributed by atoms with Crippen molar-refractivity contribution in [2.75, 3.05) is 31.2 Å². The normalized spacial score (nSPS) is 22.7. The lowest BCUT2D eigenvalue weighted by Gasteiger charge is -2.40. The van der Waals surface area contributed by atoms with E-state index < -0.39 is 5.54 Å². The van der Waals surface area contributed by atoms with E-state index in [4.69, 9.17) is 29.9 Å². The summed E-state index contributed by atoms with van der Waals surface area (Å²) in [6.45, 7) is 6.65. The number of fused-ring (bicyclic) bond motifs is 4. The predicted octanol–water partition coefficient (Wildman–Crippen LogP) is 3.45. The SMILES string of the molecule is CC1(C)CN(c2cc3c(cn2)Oc2ccc(-c4cccnc4)cc2[C@@]32COC(N)=N2)CCO1. The minimum absolute atomic E-state index is 0.173. The Morgan fingerprint density at radius 3 is 2.67 bits per heavy atom. The molecule has 3 aliphatic rings. The van der Waals surface area contributed by atoms with E-state index >= 15 is 0 Å². The summed E-state index contributed by atoms with van der Waals surface area (Å²) in [7, 11) is 0. The molecule has 0 saturated carbocycles. The van der Waals surface area contributed by atoms with Crippen molar-refractivity contribution in [3.63, 3.8) is 0 Å². The molecular formula is C25H25N5O3. The van der Waals surface area contributed by atoms with Crippen LogP contribution < -0.4 is 15.4 Å². The van der Waals surface area contributed by atoms with Crippen LogP contribution in [0.3, 0.4) is 0 Å². The molecule has 6 rings (SSSR count). The molecule has 2 aromatic heterocycles. The third kappa shape index (κ3) is 3.29. The molecule has 0 unspecified atom stereocenters. The quantitative estimate of drug-likeness (QED) is 0.648. The Bertz CT molecular complexity index is 1260. The average molecular weight is 444 g/mol. The van der Waals surface area contributed by atoms with Crippen LogP contribution in [0.2, 0.25) is 0 Å². The monoisotopic (exact) mass is 443 g/mol. The zero-order valence-corrected chi connectivity index (χ0v) is 18.6. The zero-order valence-electron chi connectivity index (χ0n) is 18.6. The average Bonchev–Trinajstić information content (AvgIpc) is 3.21. The molecule has 33 heavy (non-hydrogen) atoms. The first-order valence-corrected chi connectivity index (χ1v) is 11.0. The number of nitrogens with two attached hydrogens (primary N) is 1. The van der Waals surface area contributed by atoms with E-state index in [1.54, 1.807) is 12.4 Å². The lowest BCUT2D eigenvalue weighted by atomic mass is 9.80. The summed E-state index contributed by atoms with van der Waals surface area (Å²) < 4.78 is 17.9. The van der Waals surface area contributed by atoms with Crippen molar-refractivity contribution in [1.82, 2.24) is 9.97 Å². The number of rotatable bonds is 2. The van der Waals surface area contributed by atoms with Crippen molar-refractivity contribution < 1.29 is 14.2 Å². The second kappa shape index (κ2) is 7.18. The van der Waals surface area contributed by atoms with Crippen LogP contribution in [0.25, 0.3) is 11.1 Å². The number of morpholine rings is 1. The van der Waals surface area contributed by atoms with Crippen molar-refractivity contribution in [3.8, 4) is 22.6 Å². The van der Waals surface area contributed by atoms with Crippen LogP contribution in [0.5, 0.6) is 11.5 Å². The molecular weight excluding hydrogens is 418 g/mol. The highest BCUT2D eigenvalue weighted by molar-refractivity contribution is 5.78. The molecule has 0 bridgehead atoms. The fraction of sp³-hybridized carbons (Fsp3) is 0.320. The molecule has 0 radical (unpaired) electrons. The summed E-state index contributed by atoms with van der Waals surface area (Å²) in [5, 5.41) is 0. The molecule has 3 aromatic rings. The van der Waals surface area contributed by atoms with Crippen molar-refractivity contribution in [2.24, 2.45) is 10.7 Å². The Hall–Kier alpha value is -3.65. The van der Waals surface area contributed by atoms with E-state index in [1.165, 1.54) is 0 Å². The van der Waals surface area contributed by atoms with Crippen molar-refractivity contribution in [2.45, 2.75) is 25.0 Å². The number of pyridine rings is 2. The highest BCUT2D eigenvalue weighted by atomic mass is 16.5. The van der Waals surface area contributed by atoms with Crippen molar-refractivity contribution in [3.05, 3.63) is 66.1 Å². The minimum atomic E-state index is -0.801. The summed E-state index contributed by atoms with van der Waals surface area (Å²) in [4.78, 5) is 16.0. The maximum Gasteiger partial charge on any atom is 0.283 e. The van der Waals surface area contributed by atoms with E-state index in [-0.39, 0.29) is 11.6 Å². The summed E-state index contributed by atoms with van der Waals surface area (Å²) in [6, 6.07) is 12.3. The van der Waals surface area contributed by atoms with Crippen LogP contribution in [0.4, 0.5) is 5.82 Å². The van der Waals surface area contributed by atoms with Crippen molar-refractivity contribution >= 4 is 11.8 Å². The van der Waals surface area contributed by atoms with Crippen LogP contribution in [0, 0.1) is 0 Å². The third-order valence-corrected chi connectivity index (χ3v) is 6.42. The van der Waals surface area contributed by atoms with Crippen LogP contribution in [-0.2, 0) is 15.0 Å². The molecule has 8 heteroatoms. The molecule has 5 heterocycles. The van der Waals surface area contributed by atoms with Gasteiger partial charge < -0.3 is 24.8 Å². The summed E-state index contributed by atoms with van der Waals surface area (Å²) in [5.74, 6) is 2.25. The Morgan fingerprint density at radius 2 is 1.91 bits per heavy atom. The molecule has 1 atom stereocenters. The number of nitrogens with zero attached hydrogens (tertiary/aromatic N) is 4. The molecule has 1 saturated heterocycles. The highest BCUT2D eigenvalue weighted by Crippen LogP contribution is 2.52. The second-order valence-corrected chi connectivity index (χ2v) is 9.22. The lowest BCUT2D eigenvalue weighted by molar-refractivity contribution is -0.0279. The molecule has 3 aliphatic heterocycles. The largest absolute Gasteiger partial charge is 0.462 e. The number of aromatic nitrogens is 2. The smallest absolute Gasteiger partial charge is 0.283 e. The highest BCUT2D eigenvalue weighted by Gasteiger charge is 2.47. The fourth-order valence-electron chi connectivity index (χ4n) is 4.85. The van der Waals surface area contributed by atoms with Gasteiger partial charge >= 0.3 is 0 Å². The van der Waals surface area contributed by atoms with E-state index in [0.717, 1.165) is 46.9 Å². The standard InChI is InChI=1S/C25H25N5O3/c1-24(2)14-30(8-9-32-24)22-11-19-21(13-28-22)33-20-6-5-16(17-4-3-7-27-12-17)10-18(20)25(19)15-31-23(26)29-25/h3-7,10-13H,8-9,14-15H2,1-2H3,(H2,26,29)/t25-/m0/s1. The lowest BCUT2D eigenvalue weighted by Crippen LogP contribution is -2.48. The van der Waals surface area contributed by atoms with Gasteiger partial charge in [0.25, 0.3) is 6.02 Å². The van der Waals surface area contributed by atoms with Gasteiger partial charge in [0.05, 0.1) is 18.4 Å². The van der Waals surface area contributed by atoms with E-state index in [2.05, 4.69) is 35.9 Å². The molecule has 0 amide bonds. The maximum atomic E-state index is 6.29. The van der Waals surface area contributed by atoms with E-state index in [9.17, 15) is 0 Å². The molecule has 1 fully saturated rings. The van der Waals surface area contributed by atoms with Gasteiger partial charge in [0.1, 0.15) is 18.2 Å². The Morgan fingerprint density at radius 1 is 1.03 bits per heavy atom. The number of ether oxygens (including phenoxy) is 3. The van der Waals surface area contributed by atoms with Gasteiger partial charge in [-0.1, -0.05) is 12.1 Å². The summed E-state index contributed by atoms with van der Waals surface area (Å²) in [6.07, 6.45) is 5.38. The van der Waals surface area contributed by atoms with Gasteiger partial charge in [-0.05, 0) is 43.7 Å². The van der Waals surface area contributed by atoms with Crippen LogP contribution in [-0.4, -0.2) is 47.9 Å². The maximum absolute atomic E-state index is 6.29. The van der Waals surface area contributed by atoms with Crippen LogP contribution in [0.1, 0.15) is 25.0 Å². The Balaban J connectivity index is 1.48. The van der Waals surface area contributed by atoms with E-state index in [0.29, 0.717) is 19.0 Å². The predicted molar refractivity (Wildman–Crippen MR) is 125 cm³/mol. The van der Waals surface area contributed by atoms with Gasteiger partial charge in [-0.3, -0.25) is 4.98 Å². The number of amidine groups is 1. The van der Waals surface area contributed by atoms with Gasteiger partial charge in [0.2, 0.25) is 0 Å².